The Labute approximate surface area is 413 Å². The van der Waals surface area contributed by atoms with Crippen molar-refractivity contribution >= 4 is 87.2 Å². The topological polar surface area (TPSA) is 32.6 Å². The maximum absolute atomic E-state index is 9.60. The molecule has 15 rings (SSSR count). The summed E-state index contributed by atoms with van der Waals surface area (Å²) in [6.45, 7) is 0. The van der Waals surface area contributed by atoms with Crippen LogP contribution >= 0.6 is 0 Å². The average Bonchev–Trinajstić information content (AvgIpc) is 4.39. The molecule has 0 N–H and O–H groups in total. The average molecular weight is 900 g/mol. The number of pyridine rings is 1. The maximum Gasteiger partial charge on any atom is 0.140 e. The van der Waals surface area contributed by atoms with E-state index < -0.39 is 36.3 Å². The molecule has 0 atom stereocenters. The second-order valence-corrected chi connectivity index (χ2v) is 17.7. The molecule has 326 valence electrons. The summed E-state index contributed by atoms with van der Waals surface area (Å²) in [4.78, 5) is 5.80. The summed E-state index contributed by atoms with van der Waals surface area (Å²) in [7, 11) is 0. The summed E-state index contributed by atoms with van der Waals surface area (Å²) >= 11 is 0. The van der Waals surface area contributed by atoms with E-state index in [1.807, 2.05) is 48.5 Å². The van der Waals surface area contributed by atoms with Crippen LogP contribution in [0.2, 0.25) is 0 Å². The molecule has 0 aliphatic rings. The fourth-order valence-corrected chi connectivity index (χ4v) is 11.2. The molecule has 5 heterocycles. The Bertz CT molecular complexity index is 4870. The fraction of sp³-hybridized carbons (Fsp3) is 0. The van der Waals surface area contributed by atoms with Gasteiger partial charge in [0.15, 0.2) is 0 Å². The lowest BCUT2D eigenvalue weighted by atomic mass is 9.93. The Morgan fingerprint density at radius 1 is 0.300 bits per heavy atom. The van der Waals surface area contributed by atoms with E-state index in [4.69, 9.17) is 10.5 Å². The summed E-state index contributed by atoms with van der Waals surface area (Å²) in [5, 5.41) is 6.34. The number of aromatic nitrogens is 5. The Kier molecular flexibility index (Phi) is 6.76. The van der Waals surface area contributed by atoms with Gasteiger partial charge in [0.2, 0.25) is 0 Å². The van der Waals surface area contributed by atoms with E-state index in [9.17, 15) is 5.48 Å². The third-order valence-electron chi connectivity index (χ3n) is 14.0. The first kappa shape index (κ1) is 31.5. The van der Waals surface area contributed by atoms with Crippen LogP contribution in [0.4, 0.5) is 0 Å². The molecule has 5 aromatic heterocycles. The van der Waals surface area contributed by atoms with E-state index in [0.717, 1.165) is 93.5 Å². The molecule has 0 radical (unpaired) electrons. The Balaban J connectivity index is 1.15. The van der Waals surface area contributed by atoms with Crippen LogP contribution in [0.15, 0.2) is 249 Å². The minimum Gasteiger partial charge on any atom is -0.309 e. The van der Waals surface area contributed by atoms with Crippen LogP contribution in [-0.2, 0) is 0 Å². The zero-order valence-corrected chi connectivity index (χ0v) is 37.3. The smallest absolute Gasteiger partial charge is 0.140 e. The summed E-state index contributed by atoms with van der Waals surface area (Å²) in [6, 6.07) is 64.8. The summed E-state index contributed by atoms with van der Waals surface area (Å²) in [5.41, 5.74) is 10.9. The molecule has 70 heavy (non-hydrogen) atoms. The predicted molar refractivity (Wildman–Crippen MR) is 292 cm³/mol. The first-order valence-corrected chi connectivity index (χ1v) is 23.3. The van der Waals surface area contributed by atoms with E-state index in [2.05, 4.69) is 165 Å². The molecule has 5 heteroatoms. The van der Waals surface area contributed by atoms with Crippen molar-refractivity contribution in [1.29, 1.82) is 0 Å². The van der Waals surface area contributed by atoms with E-state index in [1.165, 1.54) is 0 Å². The largest absolute Gasteiger partial charge is 0.309 e. The van der Waals surface area contributed by atoms with Gasteiger partial charge < -0.3 is 13.7 Å². The van der Waals surface area contributed by atoms with Crippen molar-refractivity contribution in [2.24, 2.45) is 0 Å². The first-order valence-electron chi connectivity index (χ1n) is 27.3. The van der Waals surface area contributed by atoms with Crippen molar-refractivity contribution in [2.75, 3.05) is 0 Å². The van der Waals surface area contributed by atoms with E-state index >= 15 is 0 Å². The van der Waals surface area contributed by atoms with Crippen molar-refractivity contribution in [2.45, 2.75) is 0 Å². The molecule has 0 saturated carbocycles. The predicted octanol–water partition coefficient (Wildman–Crippen LogP) is 16.8. The van der Waals surface area contributed by atoms with Crippen molar-refractivity contribution in [3.8, 4) is 45.3 Å². The van der Waals surface area contributed by atoms with Crippen molar-refractivity contribution in [1.82, 2.24) is 23.3 Å². The second-order valence-electron chi connectivity index (χ2n) is 17.7. The molecule has 0 spiro atoms. The Morgan fingerprint density at radius 2 is 0.686 bits per heavy atom. The first-order chi connectivity index (χ1) is 38.1. The van der Waals surface area contributed by atoms with E-state index in [1.54, 1.807) is 4.57 Å². The van der Waals surface area contributed by atoms with Crippen LogP contribution in [0.25, 0.3) is 132 Å². The van der Waals surface area contributed by atoms with Crippen LogP contribution in [0.3, 0.4) is 0 Å². The van der Waals surface area contributed by atoms with Gasteiger partial charge in [-0.3, -0.25) is 4.57 Å². The standard InChI is InChI=1S/C65H41N5/c1-10-30-54-43(20-1)44-21-2-11-31-55(44)67(54)42-40-53(66-64(41-42)70-61-37-17-7-26-49(61)50-27-8-18-38-62(50)70)65-52(29-19-39-63(65)69-58-34-14-5-24-47(58)48-25-6-15-35-59(48)69)51-28-9-16-36-60(51)68-56-32-12-3-22-45(56)46-23-4-13-33-57(46)68/h1-41H/i1D,2D,10D,11D,20D,21D,30D,31D. The third-order valence-corrected chi connectivity index (χ3v) is 14.0. The fourth-order valence-electron chi connectivity index (χ4n) is 11.2. The van der Waals surface area contributed by atoms with E-state index in [0.29, 0.717) is 17.2 Å². The molecule has 0 aliphatic carbocycles. The highest BCUT2D eigenvalue weighted by atomic mass is 15.1. The molecule has 0 amide bonds. The molecule has 0 aliphatic heterocycles. The zero-order chi connectivity index (χ0) is 52.8. The molecule has 15 aromatic rings. The molecule has 0 fully saturated rings. The highest BCUT2D eigenvalue weighted by Gasteiger charge is 2.25. The summed E-state index contributed by atoms with van der Waals surface area (Å²) in [6.07, 6.45) is 0. The number of rotatable bonds is 6. The molecule has 0 unspecified atom stereocenters. The van der Waals surface area contributed by atoms with Crippen LogP contribution < -0.4 is 0 Å². The van der Waals surface area contributed by atoms with Gasteiger partial charge in [-0.25, -0.2) is 4.98 Å². The van der Waals surface area contributed by atoms with Gasteiger partial charge in [0, 0.05) is 60.3 Å². The molecule has 0 bridgehead atoms. The Morgan fingerprint density at radius 3 is 1.19 bits per heavy atom. The zero-order valence-electron chi connectivity index (χ0n) is 45.3. The summed E-state index contributed by atoms with van der Waals surface area (Å²) in [5.74, 6) is 0.468. The van der Waals surface area contributed by atoms with Gasteiger partial charge in [-0.2, -0.15) is 0 Å². The minimum absolute atomic E-state index is 0.00810. The highest BCUT2D eigenvalue weighted by Crippen LogP contribution is 2.45. The molecule has 5 nitrogen and oxygen atoms in total. The normalized spacial score (nSPS) is 13.6. The van der Waals surface area contributed by atoms with Crippen LogP contribution in [0.5, 0.6) is 0 Å². The second kappa shape index (κ2) is 15.0. The van der Waals surface area contributed by atoms with Gasteiger partial charge >= 0.3 is 0 Å². The maximum atomic E-state index is 9.60. The lowest BCUT2D eigenvalue weighted by molar-refractivity contribution is 1.06. The van der Waals surface area contributed by atoms with Crippen LogP contribution in [0.1, 0.15) is 11.0 Å². The molecular weight excluding hydrogens is 851 g/mol. The minimum atomic E-state index is -0.507. The number of benzene rings is 10. The van der Waals surface area contributed by atoms with Gasteiger partial charge in [-0.15, -0.1) is 0 Å². The molecule has 0 saturated heterocycles. The third kappa shape index (κ3) is 5.51. The number of nitrogens with zero attached hydrogens (tertiary/aromatic N) is 5. The summed E-state index contributed by atoms with van der Waals surface area (Å²) < 4.78 is 82.0. The monoisotopic (exact) mass is 899 g/mol. The Hall–Kier alpha value is -9.45. The SMILES string of the molecule is [2H]c1c([2H])c([2H])c2c(c1[2H])c1c([2H])c([2H])c([2H])c([2H])c1n2-c1cc(-c2c(-c3ccccc3-n3c4ccccc4c4ccccc43)cccc2-n2c3ccccc3c3ccccc32)nc(-n2c3ccccc3c3ccccc32)c1. The van der Waals surface area contributed by atoms with Gasteiger partial charge in [-0.05, 0) is 72.2 Å². The van der Waals surface area contributed by atoms with Crippen molar-refractivity contribution < 1.29 is 11.0 Å². The van der Waals surface area contributed by atoms with Crippen LogP contribution in [0, 0.1) is 0 Å². The van der Waals surface area contributed by atoms with E-state index in [-0.39, 0.29) is 33.9 Å². The number of hydrogen-bond donors (Lipinski definition) is 0. The van der Waals surface area contributed by atoms with Gasteiger partial charge in [0.1, 0.15) is 5.82 Å². The lowest BCUT2D eigenvalue weighted by Crippen LogP contribution is -2.06. The van der Waals surface area contributed by atoms with Gasteiger partial charge in [0.05, 0.1) is 77.9 Å². The highest BCUT2D eigenvalue weighted by molar-refractivity contribution is 6.13. The lowest BCUT2D eigenvalue weighted by Gasteiger charge is -2.22. The number of hydrogen-bond acceptors (Lipinski definition) is 1. The quantitative estimate of drug-likeness (QED) is 0.164. The van der Waals surface area contributed by atoms with Crippen molar-refractivity contribution in [3.05, 3.63) is 249 Å². The number of fused-ring (bicyclic) bond motifs is 12. The van der Waals surface area contributed by atoms with Crippen LogP contribution in [-0.4, -0.2) is 23.3 Å². The molecular formula is C65H41N5. The van der Waals surface area contributed by atoms with Gasteiger partial charge in [0.25, 0.3) is 0 Å². The number of para-hydroxylation sites is 9. The van der Waals surface area contributed by atoms with Gasteiger partial charge in [-0.1, -0.05) is 176 Å². The molecule has 10 aromatic carbocycles. The van der Waals surface area contributed by atoms with Crippen molar-refractivity contribution in [3.63, 3.8) is 0 Å².